The van der Waals surface area contributed by atoms with Crippen molar-refractivity contribution < 1.29 is 9.59 Å². The average Bonchev–Trinajstić information content (AvgIpc) is 3.16. The lowest BCUT2D eigenvalue weighted by Crippen LogP contribution is -2.29. The minimum atomic E-state index is -0.370. The van der Waals surface area contributed by atoms with Crippen LogP contribution in [-0.2, 0) is 6.54 Å². The molecule has 2 aromatic carbocycles. The van der Waals surface area contributed by atoms with Gasteiger partial charge in [-0.25, -0.2) is 0 Å². The number of aromatic nitrogens is 3. The summed E-state index contributed by atoms with van der Waals surface area (Å²) in [4.78, 5) is 24.9. The van der Waals surface area contributed by atoms with Crippen LogP contribution in [0.4, 0.5) is 0 Å². The van der Waals surface area contributed by atoms with Crippen LogP contribution >= 0.6 is 23.4 Å². The number of halogens is 1. The zero-order valence-corrected chi connectivity index (χ0v) is 17.7. The third kappa shape index (κ3) is 5.05. The van der Waals surface area contributed by atoms with E-state index in [4.69, 9.17) is 11.6 Å². The third-order valence-corrected chi connectivity index (χ3v) is 5.64. The van der Waals surface area contributed by atoms with Crippen LogP contribution < -0.4 is 5.32 Å². The molecule has 1 atom stereocenters. The first-order valence-electron chi connectivity index (χ1n) is 9.20. The van der Waals surface area contributed by atoms with Crippen LogP contribution in [0, 0.1) is 0 Å². The standard InChI is InChI=1S/C21H21ClN4O2S/c1-3-26-19(14(2)23-20(28)16-11-7-8-12-17(16)22)24-25-21(26)29-13-18(27)15-9-5-4-6-10-15/h4-12,14H,3,13H2,1-2H3,(H,23,28). The molecular formula is C21H21ClN4O2S. The van der Waals surface area contributed by atoms with Crippen LogP contribution in [0.1, 0.15) is 46.4 Å². The highest BCUT2D eigenvalue weighted by Gasteiger charge is 2.21. The van der Waals surface area contributed by atoms with E-state index >= 15 is 0 Å². The molecule has 1 amide bonds. The average molecular weight is 429 g/mol. The summed E-state index contributed by atoms with van der Waals surface area (Å²) in [6.07, 6.45) is 0. The molecule has 3 aromatic rings. The molecule has 29 heavy (non-hydrogen) atoms. The number of thioether (sulfide) groups is 1. The summed E-state index contributed by atoms with van der Waals surface area (Å²) < 4.78 is 1.90. The first-order valence-corrected chi connectivity index (χ1v) is 10.6. The summed E-state index contributed by atoms with van der Waals surface area (Å²) in [7, 11) is 0. The van der Waals surface area contributed by atoms with Gasteiger partial charge in [0, 0.05) is 12.1 Å². The Bertz CT molecular complexity index is 1010. The predicted octanol–water partition coefficient (Wildman–Crippen LogP) is 4.42. The van der Waals surface area contributed by atoms with E-state index in [-0.39, 0.29) is 23.5 Å². The van der Waals surface area contributed by atoms with Gasteiger partial charge >= 0.3 is 0 Å². The van der Waals surface area contributed by atoms with Gasteiger partial charge in [-0.1, -0.05) is 65.8 Å². The number of carbonyl (C=O) groups is 2. The number of hydrogen-bond acceptors (Lipinski definition) is 5. The van der Waals surface area contributed by atoms with Crippen molar-refractivity contribution in [1.82, 2.24) is 20.1 Å². The molecule has 1 aromatic heterocycles. The number of rotatable bonds is 8. The lowest BCUT2D eigenvalue weighted by atomic mass is 10.2. The summed E-state index contributed by atoms with van der Waals surface area (Å²) >= 11 is 7.44. The Kier molecular flexibility index (Phi) is 7.06. The Labute approximate surface area is 178 Å². The molecule has 0 saturated carbocycles. The maximum Gasteiger partial charge on any atom is 0.253 e. The van der Waals surface area contributed by atoms with E-state index in [0.29, 0.717) is 33.7 Å². The molecule has 8 heteroatoms. The molecule has 0 spiro atoms. The first-order chi connectivity index (χ1) is 14.0. The van der Waals surface area contributed by atoms with Crippen LogP contribution in [0.15, 0.2) is 59.8 Å². The van der Waals surface area contributed by atoms with Gasteiger partial charge in [-0.15, -0.1) is 10.2 Å². The Hall–Kier alpha value is -2.64. The number of hydrogen-bond donors (Lipinski definition) is 1. The Morgan fingerprint density at radius 2 is 1.79 bits per heavy atom. The SMILES string of the molecule is CCn1c(SCC(=O)c2ccccc2)nnc1C(C)NC(=O)c1ccccc1Cl. The van der Waals surface area contributed by atoms with Gasteiger partial charge in [0.1, 0.15) is 0 Å². The van der Waals surface area contributed by atoms with E-state index < -0.39 is 0 Å². The molecular weight excluding hydrogens is 408 g/mol. The number of nitrogens with zero attached hydrogens (tertiary/aromatic N) is 3. The van der Waals surface area contributed by atoms with E-state index in [1.165, 1.54) is 11.8 Å². The Morgan fingerprint density at radius 3 is 2.48 bits per heavy atom. The third-order valence-electron chi connectivity index (χ3n) is 4.34. The molecule has 0 aliphatic rings. The van der Waals surface area contributed by atoms with Gasteiger partial charge < -0.3 is 9.88 Å². The molecule has 0 saturated heterocycles. The monoisotopic (exact) mass is 428 g/mol. The van der Waals surface area contributed by atoms with Crippen molar-refractivity contribution in [2.75, 3.05) is 5.75 Å². The Morgan fingerprint density at radius 1 is 1.10 bits per heavy atom. The van der Waals surface area contributed by atoms with Crippen molar-refractivity contribution in [3.63, 3.8) is 0 Å². The summed E-state index contributed by atoms with van der Waals surface area (Å²) in [5.74, 6) is 0.648. The minimum absolute atomic E-state index is 0.0304. The minimum Gasteiger partial charge on any atom is -0.342 e. The molecule has 1 unspecified atom stereocenters. The van der Waals surface area contributed by atoms with Gasteiger partial charge in [-0.05, 0) is 26.0 Å². The largest absolute Gasteiger partial charge is 0.342 e. The van der Waals surface area contributed by atoms with Crippen molar-refractivity contribution in [1.29, 1.82) is 0 Å². The van der Waals surface area contributed by atoms with Gasteiger partial charge in [0.05, 0.1) is 22.4 Å². The summed E-state index contributed by atoms with van der Waals surface area (Å²) in [5.41, 5.74) is 1.08. The number of amides is 1. The molecule has 6 nitrogen and oxygen atoms in total. The summed E-state index contributed by atoms with van der Waals surface area (Å²) in [6, 6.07) is 15.7. The molecule has 0 aliphatic carbocycles. The van der Waals surface area contributed by atoms with Crippen LogP contribution in [0.3, 0.4) is 0 Å². The van der Waals surface area contributed by atoms with E-state index in [1.54, 1.807) is 36.4 Å². The zero-order chi connectivity index (χ0) is 20.8. The number of nitrogens with one attached hydrogen (secondary N) is 1. The van der Waals surface area contributed by atoms with Gasteiger partial charge in [0.25, 0.3) is 5.91 Å². The highest BCUT2D eigenvalue weighted by molar-refractivity contribution is 7.99. The lowest BCUT2D eigenvalue weighted by molar-refractivity contribution is 0.0937. The fraction of sp³-hybridized carbons (Fsp3) is 0.238. The van der Waals surface area contributed by atoms with E-state index in [0.717, 1.165) is 0 Å². The second-order valence-electron chi connectivity index (χ2n) is 6.34. The number of carbonyl (C=O) groups excluding carboxylic acids is 2. The molecule has 0 aliphatic heterocycles. The summed E-state index contributed by atoms with van der Waals surface area (Å²) in [6.45, 7) is 4.43. The van der Waals surface area contributed by atoms with Crippen molar-refractivity contribution in [3.05, 3.63) is 76.6 Å². The molecule has 0 fully saturated rings. The highest BCUT2D eigenvalue weighted by atomic mass is 35.5. The maximum absolute atomic E-state index is 12.5. The fourth-order valence-corrected chi connectivity index (χ4v) is 3.97. The van der Waals surface area contributed by atoms with Gasteiger partial charge in [-0.2, -0.15) is 0 Å². The normalized spacial score (nSPS) is 11.8. The van der Waals surface area contributed by atoms with Crippen LogP contribution in [-0.4, -0.2) is 32.2 Å². The van der Waals surface area contributed by atoms with Crippen LogP contribution in [0.2, 0.25) is 5.02 Å². The molecule has 1 heterocycles. The second kappa shape index (κ2) is 9.71. The predicted molar refractivity (Wildman–Crippen MR) is 115 cm³/mol. The topological polar surface area (TPSA) is 76.9 Å². The molecule has 3 rings (SSSR count). The molecule has 150 valence electrons. The van der Waals surface area contributed by atoms with Crippen molar-refractivity contribution >= 4 is 35.1 Å². The van der Waals surface area contributed by atoms with Crippen LogP contribution in [0.5, 0.6) is 0 Å². The Balaban J connectivity index is 1.69. The molecule has 0 radical (unpaired) electrons. The van der Waals surface area contributed by atoms with E-state index in [2.05, 4.69) is 15.5 Å². The van der Waals surface area contributed by atoms with Crippen LogP contribution in [0.25, 0.3) is 0 Å². The highest BCUT2D eigenvalue weighted by Crippen LogP contribution is 2.22. The number of Topliss-reactive ketones (excluding diaryl/α,β-unsaturated/α-hetero) is 1. The number of benzene rings is 2. The van der Waals surface area contributed by atoms with Crippen molar-refractivity contribution in [3.8, 4) is 0 Å². The quantitative estimate of drug-likeness (QED) is 0.424. The van der Waals surface area contributed by atoms with E-state index in [1.807, 2.05) is 36.6 Å². The zero-order valence-electron chi connectivity index (χ0n) is 16.1. The smallest absolute Gasteiger partial charge is 0.253 e. The maximum atomic E-state index is 12.5. The van der Waals surface area contributed by atoms with E-state index in [9.17, 15) is 9.59 Å². The van der Waals surface area contributed by atoms with Crippen molar-refractivity contribution in [2.45, 2.75) is 31.6 Å². The first kappa shape index (κ1) is 21.1. The van der Waals surface area contributed by atoms with Gasteiger partial charge in [0.15, 0.2) is 16.8 Å². The summed E-state index contributed by atoms with van der Waals surface area (Å²) in [5, 5.41) is 12.4. The number of ketones is 1. The van der Waals surface area contributed by atoms with Crippen molar-refractivity contribution in [2.24, 2.45) is 0 Å². The fourth-order valence-electron chi connectivity index (χ4n) is 2.85. The van der Waals surface area contributed by atoms with Gasteiger partial charge in [-0.3, -0.25) is 9.59 Å². The lowest BCUT2D eigenvalue weighted by Gasteiger charge is -2.15. The second-order valence-corrected chi connectivity index (χ2v) is 7.69. The molecule has 0 bridgehead atoms. The molecule has 1 N–H and O–H groups in total. The van der Waals surface area contributed by atoms with Gasteiger partial charge in [0.2, 0.25) is 0 Å².